The summed E-state index contributed by atoms with van der Waals surface area (Å²) >= 11 is 0. The highest BCUT2D eigenvalue weighted by Crippen LogP contribution is 2.19. The molecule has 0 spiro atoms. The predicted molar refractivity (Wildman–Crippen MR) is 81.6 cm³/mol. The number of hydrogen-bond acceptors (Lipinski definition) is 4. The first-order chi connectivity index (χ1) is 10.0. The predicted octanol–water partition coefficient (Wildman–Crippen LogP) is 1.56. The van der Waals surface area contributed by atoms with Gasteiger partial charge in [0.25, 0.3) is 0 Å². The molecule has 6 nitrogen and oxygen atoms in total. The van der Waals surface area contributed by atoms with E-state index in [1.54, 1.807) is 0 Å². The van der Waals surface area contributed by atoms with Crippen molar-refractivity contribution in [3.8, 4) is 0 Å². The number of nitrogens with zero attached hydrogens (tertiary/aromatic N) is 3. The van der Waals surface area contributed by atoms with E-state index in [9.17, 15) is 4.79 Å². The van der Waals surface area contributed by atoms with Gasteiger partial charge in [0.2, 0.25) is 5.91 Å². The Kier molecular flexibility index (Phi) is 5.33. The van der Waals surface area contributed by atoms with Crippen LogP contribution in [0.1, 0.15) is 64.1 Å². The fourth-order valence-corrected chi connectivity index (χ4v) is 2.71. The summed E-state index contributed by atoms with van der Waals surface area (Å²) in [5, 5.41) is 11.5. The van der Waals surface area contributed by atoms with E-state index in [-0.39, 0.29) is 17.9 Å². The Morgan fingerprint density at radius 1 is 1.33 bits per heavy atom. The zero-order chi connectivity index (χ0) is 15.4. The van der Waals surface area contributed by atoms with Crippen molar-refractivity contribution in [2.45, 2.75) is 71.5 Å². The molecule has 1 aliphatic heterocycles. The summed E-state index contributed by atoms with van der Waals surface area (Å²) < 4.78 is 2.16. The molecular formula is C15H27N5O. The molecule has 2 rings (SSSR count). The molecule has 1 amide bonds. The molecule has 0 fully saturated rings. The van der Waals surface area contributed by atoms with Gasteiger partial charge in [-0.3, -0.25) is 4.79 Å². The van der Waals surface area contributed by atoms with Gasteiger partial charge in [0.05, 0.1) is 12.1 Å². The summed E-state index contributed by atoms with van der Waals surface area (Å²) in [4.78, 5) is 12.2. The summed E-state index contributed by atoms with van der Waals surface area (Å²) in [6, 6.07) is -0.629. The van der Waals surface area contributed by atoms with E-state index in [2.05, 4.69) is 20.1 Å². The van der Waals surface area contributed by atoms with Crippen LogP contribution in [0.3, 0.4) is 0 Å². The Hall–Kier alpha value is -1.43. The lowest BCUT2D eigenvalue weighted by Gasteiger charge is -2.21. The van der Waals surface area contributed by atoms with Gasteiger partial charge in [0.1, 0.15) is 5.82 Å². The van der Waals surface area contributed by atoms with E-state index in [1.807, 2.05) is 20.8 Å². The second-order valence-corrected chi connectivity index (χ2v) is 6.08. The lowest BCUT2D eigenvalue weighted by molar-refractivity contribution is -0.124. The highest BCUT2D eigenvalue weighted by atomic mass is 16.2. The van der Waals surface area contributed by atoms with Gasteiger partial charge >= 0.3 is 0 Å². The second-order valence-electron chi connectivity index (χ2n) is 6.08. The van der Waals surface area contributed by atoms with E-state index in [0.29, 0.717) is 0 Å². The molecule has 6 heteroatoms. The molecule has 2 heterocycles. The number of nitrogens with one attached hydrogen (secondary N) is 1. The summed E-state index contributed by atoms with van der Waals surface area (Å²) in [5.74, 6) is 1.95. The Balaban J connectivity index is 2.05. The Morgan fingerprint density at radius 3 is 2.81 bits per heavy atom. The number of carbonyl (C=O) groups is 1. The van der Waals surface area contributed by atoms with Crippen LogP contribution in [0.25, 0.3) is 0 Å². The number of carbonyl (C=O) groups excluding carboxylic acids is 1. The summed E-state index contributed by atoms with van der Waals surface area (Å²) in [7, 11) is 0. The molecule has 1 aromatic heterocycles. The number of aromatic nitrogens is 3. The standard InChI is InChI=1S/C15H27N5O/c1-4-10(2)13(16)15(21)17-11(3)14-19-18-12-8-6-5-7-9-20(12)14/h10-11,13H,4-9,16H2,1-3H3,(H,17,21)/t10-,11?,13-/m0/s1. The molecule has 21 heavy (non-hydrogen) atoms. The van der Waals surface area contributed by atoms with Crippen molar-refractivity contribution in [2.75, 3.05) is 0 Å². The summed E-state index contributed by atoms with van der Waals surface area (Å²) in [6.07, 6.45) is 5.40. The maximum Gasteiger partial charge on any atom is 0.237 e. The van der Waals surface area contributed by atoms with Gasteiger partial charge in [-0.2, -0.15) is 0 Å². The first-order valence-electron chi connectivity index (χ1n) is 8.02. The van der Waals surface area contributed by atoms with Crippen LogP contribution < -0.4 is 11.1 Å². The molecule has 3 atom stereocenters. The average molecular weight is 293 g/mol. The van der Waals surface area contributed by atoms with Crippen LogP contribution >= 0.6 is 0 Å². The third-order valence-electron chi connectivity index (χ3n) is 4.44. The summed E-state index contributed by atoms with van der Waals surface area (Å²) in [5.41, 5.74) is 5.98. The molecule has 0 saturated carbocycles. The highest BCUT2D eigenvalue weighted by Gasteiger charge is 2.24. The quantitative estimate of drug-likeness (QED) is 0.862. The Labute approximate surface area is 126 Å². The number of nitrogens with two attached hydrogens (primary N) is 1. The van der Waals surface area contributed by atoms with E-state index in [4.69, 9.17) is 5.73 Å². The fraction of sp³-hybridized carbons (Fsp3) is 0.800. The number of hydrogen-bond donors (Lipinski definition) is 2. The van der Waals surface area contributed by atoms with Gasteiger partial charge in [-0.1, -0.05) is 26.7 Å². The zero-order valence-corrected chi connectivity index (χ0v) is 13.3. The minimum Gasteiger partial charge on any atom is -0.345 e. The topological polar surface area (TPSA) is 85.8 Å². The van der Waals surface area contributed by atoms with Crippen LogP contribution in [0.15, 0.2) is 0 Å². The van der Waals surface area contributed by atoms with Gasteiger partial charge in [-0.25, -0.2) is 0 Å². The molecular weight excluding hydrogens is 266 g/mol. The maximum absolute atomic E-state index is 12.2. The van der Waals surface area contributed by atoms with E-state index in [0.717, 1.165) is 43.9 Å². The van der Waals surface area contributed by atoms with Crippen molar-refractivity contribution in [3.63, 3.8) is 0 Å². The normalized spacial score (nSPS) is 19.2. The van der Waals surface area contributed by atoms with Gasteiger partial charge in [-0.15, -0.1) is 10.2 Å². The molecule has 0 saturated heterocycles. The molecule has 1 unspecified atom stereocenters. The molecule has 0 aromatic carbocycles. The molecule has 0 bridgehead atoms. The fourth-order valence-electron chi connectivity index (χ4n) is 2.71. The van der Waals surface area contributed by atoms with Crippen molar-refractivity contribution >= 4 is 5.91 Å². The van der Waals surface area contributed by atoms with Crippen LogP contribution in [0, 0.1) is 5.92 Å². The minimum atomic E-state index is -0.469. The van der Waals surface area contributed by atoms with Gasteiger partial charge in [-0.05, 0) is 25.7 Å². The molecule has 1 aliphatic rings. The lowest BCUT2D eigenvalue weighted by atomic mass is 9.99. The largest absolute Gasteiger partial charge is 0.345 e. The maximum atomic E-state index is 12.2. The number of rotatable bonds is 5. The molecule has 3 N–H and O–H groups in total. The summed E-state index contributed by atoms with van der Waals surface area (Å²) in [6.45, 7) is 6.93. The third-order valence-corrected chi connectivity index (χ3v) is 4.44. The van der Waals surface area contributed by atoms with Crippen molar-refractivity contribution < 1.29 is 4.79 Å². The first kappa shape index (κ1) is 15.9. The molecule has 1 aromatic rings. The average Bonchev–Trinajstić information content (AvgIpc) is 2.74. The zero-order valence-electron chi connectivity index (χ0n) is 13.3. The monoisotopic (exact) mass is 293 g/mol. The molecule has 0 aliphatic carbocycles. The third kappa shape index (κ3) is 3.61. The highest BCUT2D eigenvalue weighted by molar-refractivity contribution is 5.82. The van der Waals surface area contributed by atoms with Crippen molar-refractivity contribution in [2.24, 2.45) is 11.7 Å². The van der Waals surface area contributed by atoms with E-state index < -0.39 is 6.04 Å². The van der Waals surface area contributed by atoms with Crippen LogP contribution in [-0.2, 0) is 17.8 Å². The smallest absolute Gasteiger partial charge is 0.237 e. The SMILES string of the molecule is CC[C@H](C)[C@H](N)C(=O)NC(C)c1nnc2n1CCCCC2. The number of fused-ring (bicyclic) bond motifs is 1. The lowest BCUT2D eigenvalue weighted by Crippen LogP contribution is -2.45. The van der Waals surface area contributed by atoms with Crippen molar-refractivity contribution in [1.82, 2.24) is 20.1 Å². The molecule has 0 radical (unpaired) electrons. The Bertz CT molecular complexity index is 484. The van der Waals surface area contributed by atoms with Crippen molar-refractivity contribution in [1.29, 1.82) is 0 Å². The second kappa shape index (κ2) is 7.02. The minimum absolute atomic E-state index is 0.108. The van der Waals surface area contributed by atoms with Gasteiger partial charge in [0.15, 0.2) is 5.82 Å². The van der Waals surface area contributed by atoms with Gasteiger partial charge in [0, 0.05) is 13.0 Å². The number of aryl methyl sites for hydroxylation is 1. The van der Waals surface area contributed by atoms with E-state index in [1.165, 1.54) is 6.42 Å². The van der Waals surface area contributed by atoms with E-state index >= 15 is 0 Å². The van der Waals surface area contributed by atoms with Crippen LogP contribution in [0.4, 0.5) is 0 Å². The molecule has 118 valence electrons. The van der Waals surface area contributed by atoms with Crippen LogP contribution in [-0.4, -0.2) is 26.7 Å². The Morgan fingerprint density at radius 2 is 2.10 bits per heavy atom. The van der Waals surface area contributed by atoms with Crippen molar-refractivity contribution in [3.05, 3.63) is 11.6 Å². The number of amides is 1. The van der Waals surface area contributed by atoms with Gasteiger partial charge < -0.3 is 15.6 Å². The van der Waals surface area contributed by atoms with Crippen LogP contribution in [0.2, 0.25) is 0 Å². The first-order valence-corrected chi connectivity index (χ1v) is 8.02. The van der Waals surface area contributed by atoms with Crippen LogP contribution in [0.5, 0.6) is 0 Å².